The van der Waals surface area contributed by atoms with Crippen LogP contribution in [0, 0.1) is 6.92 Å². The zero-order valence-corrected chi connectivity index (χ0v) is 10.9. The molecule has 0 radical (unpaired) electrons. The second-order valence-electron chi connectivity index (χ2n) is 4.67. The van der Waals surface area contributed by atoms with Crippen molar-refractivity contribution in [2.45, 2.75) is 38.8 Å². The Morgan fingerprint density at radius 3 is 2.74 bits per heavy atom. The van der Waals surface area contributed by atoms with Gasteiger partial charge in [0, 0.05) is 13.0 Å². The maximum absolute atomic E-state index is 13.4. The molecule has 6 nitrogen and oxygen atoms in total. The summed E-state index contributed by atoms with van der Waals surface area (Å²) in [4.78, 5) is 13.5. The van der Waals surface area contributed by atoms with Crippen LogP contribution in [-0.4, -0.2) is 40.2 Å². The standard InChI is InChI=1S/C11H17F2N5O/c1-7(14)19-10-16-8(2)15-9(17-10)18-5-3-4-11(12,13)6-18/h7H,3-6,14H2,1-2H3. The molecule has 1 unspecified atom stereocenters. The van der Waals surface area contributed by atoms with Crippen molar-refractivity contribution in [3.63, 3.8) is 0 Å². The van der Waals surface area contributed by atoms with E-state index < -0.39 is 12.2 Å². The van der Waals surface area contributed by atoms with E-state index >= 15 is 0 Å². The number of ether oxygens (including phenoxy) is 1. The summed E-state index contributed by atoms with van der Waals surface area (Å²) in [6, 6.07) is 0.0615. The Kier molecular flexibility index (Phi) is 3.79. The number of anilines is 1. The van der Waals surface area contributed by atoms with Crippen LogP contribution in [0.15, 0.2) is 0 Å². The highest BCUT2D eigenvalue weighted by Crippen LogP contribution is 2.28. The molecule has 2 heterocycles. The monoisotopic (exact) mass is 273 g/mol. The van der Waals surface area contributed by atoms with Gasteiger partial charge in [-0.2, -0.15) is 15.0 Å². The molecule has 0 aliphatic carbocycles. The van der Waals surface area contributed by atoms with E-state index in [0.717, 1.165) is 0 Å². The summed E-state index contributed by atoms with van der Waals surface area (Å²) in [5.41, 5.74) is 5.49. The van der Waals surface area contributed by atoms with Crippen molar-refractivity contribution in [3.8, 4) is 6.01 Å². The SMILES string of the molecule is Cc1nc(OC(C)N)nc(N2CCCC(F)(F)C2)n1. The van der Waals surface area contributed by atoms with Crippen LogP contribution in [0.3, 0.4) is 0 Å². The number of nitrogens with zero attached hydrogens (tertiary/aromatic N) is 4. The molecule has 1 atom stereocenters. The Morgan fingerprint density at radius 1 is 1.37 bits per heavy atom. The fourth-order valence-corrected chi connectivity index (χ4v) is 1.94. The van der Waals surface area contributed by atoms with E-state index in [0.29, 0.717) is 18.8 Å². The summed E-state index contributed by atoms with van der Waals surface area (Å²) >= 11 is 0. The van der Waals surface area contributed by atoms with Crippen LogP contribution >= 0.6 is 0 Å². The molecule has 2 rings (SSSR count). The van der Waals surface area contributed by atoms with Gasteiger partial charge in [0.2, 0.25) is 5.95 Å². The highest BCUT2D eigenvalue weighted by atomic mass is 19.3. The number of nitrogens with two attached hydrogens (primary N) is 1. The van der Waals surface area contributed by atoms with E-state index in [4.69, 9.17) is 10.5 Å². The average molecular weight is 273 g/mol. The van der Waals surface area contributed by atoms with Crippen molar-refractivity contribution in [1.82, 2.24) is 15.0 Å². The molecule has 1 aliphatic rings. The number of aromatic nitrogens is 3. The van der Waals surface area contributed by atoms with Gasteiger partial charge in [-0.1, -0.05) is 0 Å². The van der Waals surface area contributed by atoms with Crippen molar-refractivity contribution in [3.05, 3.63) is 5.82 Å². The van der Waals surface area contributed by atoms with Crippen molar-refractivity contribution < 1.29 is 13.5 Å². The summed E-state index contributed by atoms with van der Waals surface area (Å²) in [5, 5.41) is 0. The van der Waals surface area contributed by atoms with Crippen LogP contribution < -0.4 is 15.4 Å². The Balaban J connectivity index is 2.21. The zero-order chi connectivity index (χ0) is 14.0. The van der Waals surface area contributed by atoms with Crippen molar-refractivity contribution in [1.29, 1.82) is 0 Å². The fourth-order valence-electron chi connectivity index (χ4n) is 1.94. The van der Waals surface area contributed by atoms with E-state index in [-0.39, 0.29) is 24.9 Å². The van der Waals surface area contributed by atoms with Crippen LogP contribution in [-0.2, 0) is 0 Å². The van der Waals surface area contributed by atoms with Gasteiger partial charge in [0.25, 0.3) is 5.92 Å². The van der Waals surface area contributed by atoms with Crippen LogP contribution in [0.1, 0.15) is 25.6 Å². The van der Waals surface area contributed by atoms with Gasteiger partial charge in [-0.3, -0.25) is 5.73 Å². The Morgan fingerprint density at radius 2 is 2.11 bits per heavy atom. The van der Waals surface area contributed by atoms with Crippen LogP contribution in [0.5, 0.6) is 6.01 Å². The zero-order valence-electron chi connectivity index (χ0n) is 10.9. The maximum Gasteiger partial charge on any atom is 0.323 e. The molecular weight excluding hydrogens is 256 g/mol. The van der Waals surface area contributed by atoms with E-state index in [2.05, 4.69) is 15.0 Å². The second kappa shape index (κ2) is 5.20. The van der Waals surface area contributed by atoms with Gasteiger partial charge in [-0.25, -0.2) is 8.78 Å². The Bertz CT molecular complexity index is 455. The number of piperidine rings is 1. The number of rotatable bonds is 3. The molecule has 1 fully saturated rings. The fraction of sp³-hybridized carbons (Fsp3) is 0.727. The number of alkyl halides is 2. The lowest BCUT2D eigenvalue weighted by Gasteiger charge is -2.32. The third-order valence-corrected chi connectivity index (χ3v) is 2.68. The Labute approximate surface area is 110 Å². The summed E-state index contributed by atoms with van der Waals surface area (Å²) in [6.45, 7) is 3.40. The molecule has 1 aromatic heterocycles. The molecule has 106 valence electrons. The number of hydrogen-bond acceptors (Lipinski definition) is 6. The van der Waals surface area contributed by atoms with Crippen LogP contribution in [0.4, 0.5) is 14.7 Å². The molecule has 0 bridgehead atoms. The summed E-state index contributed by atoms with van der Waals surface area (Å²) in [7, 11) is 0. The van der Waals surface area contributed by atoms with Crippen molar-refractivity contribution in [2.24, 2.45) is 5.73 Å². The largest absolute Gasteiger partial charge is 0.445 e. The quantitative estimate of drug-likeness (QED) is 0.831. The third kappa shape index (κ3) is 3.69. The van der Waals surface area contributed by atoms with Crippen molar-refractivity contribution >= 4 is 5.95 Å². The second-order valence-corrected chi connectivity index (χ2v) is 4.67. The minimum Gasteiger partial charge on any atom is -0.445 e. The van der Waals surface area contributed by atoms with Gasteiger partial charge < -0.3 is 9.64 Å². The first-order valence-corrected chi connectivity index (χ1v) is 6.13. The van der Waals surface area contributed by atoms with E-state index in [1.165, 1.54) is 4.90 Å². The highest BCUT2D eigenvalue weighted by Gasteiger charge is 2.36. The molecule has 1 saturated heterocycles. The van der Waals surface area contributed by atoms with Gasteiger partial charge in [0.1, 0.15) is 12.1 Å². The minimum atomic E-state index is -2.71. The van der Waals surface area contributed by atoms with E-state index in [1.807, 2.05) is 0 Å². The lowest BCUT2D eigenvalue weighted by molar-refractivity contribution is -0.0121. The topological polar surface area (TPSA) is 77.2 Å². The van der Waals surface area contributed by atoms with E-state index in [9.17, 15) is 8.78 Å². The maximum atomic E-state index is 13.4. The smallest absolute Gasteiger partial charge is 0.323 e. The summed E-state index contributed by atoms with van der Waals surface area (Å²) in [6.07, 6.45) is -0.268. The van der Waals surface area contributed by atoms with Crippen LogP contribution in [0.2, 0.25) is 0 Å². The number of aryl methyl sites for hydroxylation is 1. The van der Waals surface area contributed by atoms with E-state index in [1.54, 1.807) is 13.8 Å². The lowest BCUT2D eigenvalue weighted by Crippen LogP contribution is -2.43. The first-order chi connectivity index (χ1) is 8.85. The molecule has 1 aromatic rings. The van der Waals surface area contributed by atoms with Gasteiger partial charge in [0.05, 0.1) is 6.54 Å². The van der Waals surface area contributed by atoms with Gasteiger partial charge in [-0.15, -0.1) is 0 Å². The molecule has 2 N–H and O–H groups in total. The molecule has 19 heavy (non-hydrogen) atoms. The van der Waals surface area contributed by atoms with Gasteiger partial charge in [-0.05, 0) is 20.3 Å². The lowest BCUT2D eigenvalue weighted by atomic mass is 10.1. The first-order valence-electron chi connectivity index (χ1n) is 6.13. The molecule has 0 spiro atoms. The third-order valence-electron chi connectivity index (χ3n) is 2.68. The minimum absolute atomic E-state index is 0.0615. The molecule has 8 heteroatoms. The van der Waals surface area contributed by atoms with Crippen molar-refractivity contribution in [2.75, 3.05) is 18.0 Å². The number of hydrogen-bond donors (Lipinski definition) is 1. The predicted octanol–water partition coefficient (Wildman–Crippen LogP) is 1.10. The Hall–Kier alpha value is -1.57. The predicted molar refractivity (Wildman–Crippen MR) is 65.2 cm³/mol. The molecule has 1 aliphatic heterocycles. The van der Waals surface area contributed by atoms with Gasteiger partial charge in [0.15, 0.2) is 0 Å². The normalized spacial score (nSPS) is 20.2. The molecule has 0 saturated carbocycles. The molecule has 0 aromatic carbocycles. The average Bonchev–Trinajstić information content (AvgIpc) is 2.25. The first kappa shape index (κ1) is 13.9. The molecule has 0 amide bonds. The summed E-state index contributed by atoms with van der Waals surface area (Å²) in [5.74, 6) is -2.09. The van der Waals surface area contributed by atoms with Gasteiger partial charge >= 0.3 is 6.01 Å². The van der Waals surface area contributed by atoms with Crippen LogP contribution in [0.25, 0.3) is 0 Å². The molecular formula is C11H17F2N5O. The summed E-state index contributed by atoms with van der Waals surface area (Å²) < 4.78 is 32.0. The highest BCUT2D eigenvalue weighted by molar-refractivity contribution is 5.32. The number of halogens is 2.